The minimum atomic E-state index is 0.307. The molecule has 2 nitrogen and oxygen atoms in total. The number of fused-ring (bicyclic) bond motifs is 1. The zero-order chi connectivity index (χ0) is 14.8. The summed E-state index contributed by atoms with van der Waals surface area (Å²) in [5.41, 5.74) is 4.28. The molecule has 1 aliphatic rings. The lowest BCUT2D eigenvalue weighted by Crippen LogP contribution is -2.19. The van der Waals surface area contributed by atoms with Crippen molar-refractivity contribution in [1.29, 1.82) is 5.26 Å². The molecule has 1 aliphatic carbocycles. The maximum Gasteiger partial charge on any atom is 0.101 e. The SMILES string of the molecule is CC1CCC(Nc2ccc(C#N)c(Cl)c2)c2ccccc21. The molecule has 2 aromatic rings. The first-order valence-corrected chi connectivity index (χ1v) is 7.62. The fourth-order valence-corrected chi connectivity index (χ4v) is 3.27. The molecule has 0 saturated heterocycles. The van der Waals surface area contributed by atoms with E-state index in [2.05, 4.69) is 42.6 Å². The molecule has 1 N–H and O–H groups in total. The average molecular weight is 297 g/mol. The Labute approximate surface area is 130 Å². The van der Waals surface area contributed by atoms with Crippen LogP contribution in [-0.2, 0) is 0 Å². The smallest absolute Gasteiger partial charge is 0.101 e. The van der Waals surface area contributed by atoms with Crippen LogP contribution in [0, 0.1) is 11.3 Å². The Bertz CT molecular complexity index is 703. The second-order valence-electron chi connectivity index (χ2n) is 5.61. The molecule has 0 spiro atoms. The summed E-state index contributed by atoms with van der Waals surface area (Å²) in [4.78, 5) is 0. The Morgan fingerprint density at radius 1 is 1.14 bits per heavy atom. The Balaban J connectivity index is 1.88. The lowest BCUT2D eigenvalue weighted by molar-refractivity contribution is 0.534. The summed E-state index contributed by atoms with van der Waals surface area (Å²) in [6.45, 7) is 2.29. The van der Waals surface area contributed by atoms with E-state index >= 15 is 0 Å². The lowest BCUT2D eigenvalue weighted by Gasteiger charge is -2.31. The lowest BCUT2D eigenvalue weighted by atomic mass is 9.81. The Hall–Kier alpha value is -1.98. The molecule has 21 heavy (non-hydrogen) atoms. The largest absolute Gasteiger partial charge is 0.378 e. The number of hydrogen-bond donors (Lipinski definition) is 1. The van der Waals surface area contributed by atoms with Crippen molar-refractivity contribution in [3.63, 3.8) is 0 Å². The summed E-state index contributed by atoms with van der Waals surface area (Å²) in [5.74, 6) is 0.615. The van der Waals surface area contributed by atoms with Gasteiger partial charge in [-0.2, -0.15) is 5.26 Å². The van der Waals surface area contributed by atoms with Crippen molar-refractivity contribution in [3.8, 4) is 6.07 Å². The minimum Gasteiger partial charge on any atom is -0.378 e. The van der Waals surface area contributed by atoms with Crippen LogP contribution in [0.2, 0.25) is 5.02 Å². The fourth-order valence-electron chi connectivity index (χ4n) is 3.05. The van der Waals surface area contributed by atoms with Crippen LogP contribution in [0.1, 0.15) is 48.4 Å². The van der Waals surface area contributed by atoms with E-state index < -0.39 is 0 Å². The zero-order valence-corrected chi connectivity index (χ0v) is 12.7. The van der Waals surface area contributed by atoms with Crippen LogP contribution in [0.15, 0.2) is 42.5 Å². The van der Waals surface area contributed by atoms with Crippen molar-refractivity contribution in [3.05, 3.63) is 64.2 Å². The van der Waals surface area contributed by atoms with Gasteiger partial charge in [-0.3, -0.25) is 0 Å². The molecule has 0 aliphatic heterocycles. The van der Waals surface area contributed by atoms with Crippen LogP contribution < -0.4 is 5.32 Å². The highest BCUT2D eigenvalue weighted by Gasteiger charge is 2.24. The standard InChI is InChI=1S/C18H17ClN2/c1-12-6-9-18(16-5-3-2-4-15(12)16)21-14-8-7-13(11-20)17(19)10-14/h2-5,7-8,10,12,18,21H,6,9H2,1H3. The van der Waals surface area contributed by atoms with Crippen molar-refractivity contribution in [2.45, 2.75) is 31.7 Å². The van der Waals surface area contributed by atoms with E-state index in [1.54, 1.807) is 6.07 Å². The van der Waals surface area contributed by atoms with E-state index in [-0.39, 0.29) is 0 Å². The highest BCUT2D eigenvalue weighted by molar-refractivity contribution is 6.32. The molecule has 2 aromatic carbocycles. The van der Waals surface area contributed by atoms with Gasteiger partial charge in [0.25, 0.3) is 0 Å². The molecule has 0 fully saturated rings. The predicted molar refractivity (Wildman–Crippen MR) is 86.6 cm³/mol. The number of nitriles is 1. The first-order chi connectivity index (χ1) is 10.2. The second-order valence-corrected chi connectivity index (χ2v) is 6.02. The van der Waals surface area contributed by atoms with E-state index in [1.165, 1.54) is 17.5 Å². The molecular weight excluding hydrogens is 280 g/mol. The van der Waals surface area contributed by atoms with Gasteiger partial charge in [0.15, 0.2) is 0 Å². The van der Waals surface area contributed by atoms with Gasteiger partial charge in [-0.1, -0.05) is 42.8 Å². The molecule has 2 atom stereocenters. The molecule has 3 heteroatoms. The summed E-state index contributed by atoms with van der Waals surface area (Å²) < 4.78 is 0. The molecule has 0 heterocycles. The summed E-state index contributed by atoms with van der Waals surface area (Å²) in [6, 6.07) is 16.5. The number of nitrogens with one attached hydrogen (secondary N) is 1. The zero-order valence-electron chi connectivity index (χ0n) is 11.9. The number of halogens is 1. The summed E-state index contributed by atoms with van der Waals surface area (Å²) in [7, 11) is 0. The summed E-state index contributed by atoms with van der Waals surface area (Å²) in [6.07, 6.45) is 2.29. The highest BCUT2D eigenvalue weighted by Crippen LogP contribution is 2.39. The molecule has 3 rings (SSSR count). The van der Waals surface area contributed by atoms with Crippen molar-refractivity contribution >= 4 is 17.3 Å². The van der Waals surface area contributed by atoms with Crippen LogP contribution in [-0.4, -0.2) is 0 Å². The van der Waals surface area contributed by atoms with E-state index in [1.807, 2.05) is 12.1 Å². The van der Waals surface area contributed by atoms with Gasteiger partial charge < -0.3 is 5.32 Å². The molecular formula is C18H17ClN2. The van der Waals surface area contributed by atoms with Gasteiger partial charge in [0, 0.05) is 5.69 Å². The van der Waals surface area contributed by atoms with Gasteiger partial charge in [0.05, 0.1) is 16.6 Å². The number of rotatable bonds is 2. The Kier molecular flexibility index (Phi) is 3.86. The topological polar surface area (TPSA) is 35.8 Å². The maximum absolute atomic E-state index is 8.94. The fraction of sp³-hybridized carbons (Fsp3) is 0.278. The predicted octanol–water partition coefficient (Wildman–Crippen LogP) is 5.26. The van der Waals surface area contributed by atoms with E-state index in [0.29, 0.717) is 22.5 Å². The number of nitrogens with zero attached hydrogens (tertiary/aromatic N) is 1. The van der Waals surface area contributed by atoms with E-state index in [4.69, 9.17) is 16.9 Å². The van der Waals surface area contributed by atoms with Crippen LogP contribution >= 0.6 is 11.6 Å². The van der Waals surface area contributed by atoms with Crippen molar-refractivity contribution in [1.82, 2.24) is 0 Å². The molecule has 2 unspecified atom stereocenters. The number of anilines is 1. The third-order valence-electron chi connectivity index (χ3n) is 4.22. The van der Waals surface area contributed by atoms with Crippen LogP contribution in [0.4, 0.5) is 5.69 Å². The van der Waals surface area contributed by atoms with Crippen LogP contribution in [0.3, 0.4) is 0 Å². The van der Waals surface area contributed by atoms with Gasteiger partial charge in [0.2, 0.25) is 0 Å². The summed E-state index contributed by atoms with van der Waals surface area (Å²) in [5, 5.41) is 13.0. The second kappa shape index (κ2) is 5.79. The third kappa shape index (κ3) is 2.75. The summed E-state index contributed by atoms with van der Waals surface area (Å²) >= 11 is 6.11. The molecule has 0 amide bonds. The normalized spacial score (nSPS) is 20.4. The van der Waals surface area contributed by atoms with Gasteiger partial charge in [-0.15, -0.1) is 0 Å². The molecule has 0 bridgehead atoms. The van der Waals surface area contributed by atoms with Crippen molar-refractivity contribution in [2.75, 3.05) is 5.32 Å². The third-order valence-corrected chi connectivity index (χ3v) is 4.53. The molecule has 0 aromatic heterocycles. The number of benzene rings is 2. The van der Waals surface area contributed by atoms with E-state index in [0.717, 1.165) is 12.1 Å². The number of hydrogen-bond acceptors (Lipinski definition) is 2. The first-order valence-electron chi connectivity index (χ1n) is 7.24. The molecule has 0 saturated carbocycles. The first kappa shape index (κ1) is 14.0. The quantitative estimate of drug-likeness (QED) is 0.820. The van der Waals surface area contributed by atoms with Gasteiger partial charge in [0.1, 0.15) is 6.07 Å². The maximum atomic E-state index is 8.94. The van der Waals surface area contributed by atoms with Gasteiger partial charge in [-0.05, 0) is 48.1 Å². The highest BCUT2D eigenvalue weighted by atomic mass is 35.5. The Morgan fingerprint density at radius 2 is 1.90 bits per heavy atom. The van der Waals surface area contributed by atoms with Crippen LogP contribution in [0.25, 0.3) is 0 Å². The molecule has 0 radical (unpaired) electrons. The Morgan fingerprint density at radius 3 is 2.62 bits per heavy atom. The average Bonchev–Trinajstić information content (AvgIpc) is 2.51. The monoisotopic (exact) mass is 296 g/mol. The molecule has 106 valence electrons. The van der Waals surface area contributed by atoms with Crippen molar-refractivity contribution < 1.29 is 0 Å². The van der Waals surface area contributed by atoms with Crippen LogP contribution in [0.5, 0.6) is 0 Å². The van der Waals surface area contributed by atoms with Gasteiger partial charge >= 0.3 is 0 Å². The van der Waals surface area contributed by atoms with Crippen molar-refractivity contribution in [2.24, 2.45) is 0 Å². The van der Waals surface area contributed by atoms with E-state index in [9.17, 15) is 0 Å². The minimum absolute atomic E-state index is 0.307. The van der Waals surface area contributed by atoms with Gasteiger partial charge in [-0.25, -0.2) is 0 Å².